The number of carbonyl (C=O) groups is 3. The largest absolute Gasteiger partial charge is 0.494 e. The number of esters is 1. The summed E-state index contributed by atoms with van der Waals surface area (Å²) in [5.74, 6) is -0.397. The number of benzene rings is 3. The molecule has 0 aliphatic carbocycles. The molecule has 3 aromatic carbocycles. The molecule has 0 heterocycles. The van der Waals surface area contributed by atoms with Gasteiger partial charge in [0.25, 0.3) is 5.91 Å². The van der Waals surface area contributed by atoms with E-state index in [1.165, 1.54) is 7.11 Å². The fourth-order valence-electron chi connectivity index (χ4n) is 3.82. The first-order valence-corrected chi connectivity index (χ1v) is 12.0. The van der Waals surface area contributed by atoms with Crippen LogP contribution in [-0.2, 0) is 27.2 Å². The second kappa shape index (κ2) is 13.7. The van der Waals surface area contributed by atoms with Gasteiger partial charge in [0.1, 0.15) is 11.8 Å². The van der Waals surface area contributed by atoms with E-state index in [1.54, 1.807) is 24.3 Å². The molecule has 7 heteroatoms. The number of rotatable bonds is 12. The maximum absolute atomic E-state index is 13.4. The summed E-state index contributed by atoms with van der Waals surface area (Å²) in [5.41, 5.74) is 2.30. The summed E-state index contributed by atoms with van der Waals surface area (Å²) in [4.78, 5) is 38.4. The first-order valence-electron chi connectivity index (χ1n) is 12.0. The van der Waals surface area contributed by atoms with Gasteiger partial charge in [-0.25, -0.2) is 0 Å². The smallest absolute Gasteiger partial charge is 0.307 e. The standard InChI is InChI=1S/C29H32N2O5/c1-3-36-25-16-14-22(15-17-25)18-24(20-27(32)35-2)30-29(34)26(19-21-10-6-4-7-11-21)31-28(33)23-12-8-5-9-13-23/h4-17,24,26H,3,18-20H2,1-2H3,(H,30,34)(H,31,33)/t24-,26-/m0/s1. The predicted molar refractivity (Wildman–Crippen MR) is 138 cm³/mol. The van der Waals surface area contributed by atoms with Gasteiger partial charge in [-0.2, -0.15) is 0 Å². The second-order valence-corrected chi connectivity index (χ2v) is 8.35. The highest BCUT2D eigenvalue weighted by molar-refractivity contribution is 5.97. The Kier molecular flexibility index (Phi) is 10.1. The Hall–Kier alpha value is -4.13. The third-order valence-electron chi connectivity index (χ3n) is 5.64. The molecule has 188 valence electrons. The number of carbonyl (C=O) groups excluding carboxylic acids is 3. The first-order chi connectivity index (χ1) is 17.5. The number of ether oxygens (including phenoxy) is 2. The zero-order valence-electron chi connectivity index (χ0n) is 20.6. The van der Waals surface area contributed by atoms with Crippen molar-refractivity contribution in [2.45, 2.75) is 38.3 Å². The number of hydrogen-bond donors (Lipinski definition) is 2. The van der Waals surface area contributed by atoms with Crippen molar-refractivity contribution >= 4 is 17.8 Å². The van der Waals surface area contributed by atoms with Crippen LogP contribution in [0.5, 0.6) is 5.75 Å². The van der Waals surface area contributed by atoms with Crippen LogP contribution in [0.1, 0.15) is 34.8 Å². The molecular formula is C29H32N2O5. The van der Waals surface area contributed by atoms with Gasteiger partial charge >= 0.3 is 5.97 Å². The summed E-state index contributed by atoms with van der Waals surface area (Å²) in [6.45, 7) is 2.48. The predicted octanol–water partition coefficient (Wildman–Crippen LogP) is 3.72. The van der Waals surface area contributed by atoms with Crippen LogP contribution in [-0.4, -0.2) is 43.6 Å². The Balaban J connectivity index is 1.77. The Labute approximate surface area is 211 Å². The van der Waals surface area contributed by atoms with Crippen molar-refractivity contribution in [2.75, 3.05) is 13.7 Å². The summed E-state index contributed by atoms with van der Waals surface area (Å²) in [7, 11) is 1.32. The SMILES string of the molecule is CCOc1ccc(C[C@@H](CC(=O)OC)NC(=O)[C@H](Cc2ccccc2)NC(=O)c2ccccc2)cc1. The molecule has 2 atom stereocenters. The van der Waals surface area contributed by atoms with Gasteiger partial charge in [-0.15, -0.1) is 0 Å². The van der Waals surface area contributed by atoms with E-state index < -0.39 is 18.1 Å². The summed E-state index contributed by atoms with van der Waals surface area (Å²) in [6.07, 6.45) is 0.720. The molecule has 3 rings (SSSR count). The Bertz CT molecular complexity index is 1120. The molecule has 0 unspecified atom stereocenters. The van der Waals surface area contributed by atoms with E-state index >= 15 is 0 Å². The lowest BCUT2D eigenvalue weighted by Gasteiger charge is -2.23. The molecule has 0 radical (unpaired) electrons. The van der Waals surface area contributed by atoms with Gasteiger partial charge in [-0.1, -0.05) is 60.7 Å². The molecule has 0 fully saturated rings. The molecule has 2 N–H and O–H groups in total. The quantitative estimate of drug-likeness (QED) is 0.379. The van der Waals surface area contributed by atoms with Crippen LogP contribution in [0.4, 0.5) is 0 Å². The summed E-state index contributed by atoms with van der Waals surface area (Å²) in [5, 5.41) is 5.82. The number of amides is 2. The molecule has 0 aromatic heterocycles. The minimum Gasteiger partial charge on any atom is -0.494 e. The minimum atomic E-state index is -0.833. The molecule has 36 heavy (non-hydrogen) atoms. The molecule has 0 spiro atoms. The lowest BCUT2D eigenvalue weighted by molar-refractivity contribution is -0.141. The van der Waals surface area contributed by atoms with Crippen LogP contribution < -0.4 is 15.4 Å². The van der Waals surface area contributed by atoms with Crippen LogP contribution in [0.15, 0.2) is 84.9 Å². The van der Waals surface area contributed by atoms with Crippen LogP contribution in [0.3, 0.4) is 0 Å². The van der Waals surface area contributed by atoms with Crippen molar-refractivity contribution < 1.29 is 23.9 Å². The molecule has 7 nitrogen and oxygen atoms in total. The third kappa shape index (κ3) is 8.27. The zero-order valence-corrected chi connectivity index (χ0v) is 20.6. The highest BCUT2D eigenvalue weighted by Crippen LogP contribution is 2.15. The maximum atomic E-state index is 13.4. The van der Waals surface area contributed by atoms with Gasteiger partial charge in [0, 0.05) is 18.0 Å². The second-order valence-electron chi connectivity index (χ2n) is 8.35. The van der Waals surface area contributed by atoms with Crippen molar-refractivity contribution in [3.63, 3.8) is 0 Å². The third-order valence-corrected chi connectivity index (χ3v) is 5.64. The van der Waals surface area contributed by atoms with Gasteiger partial charge < -0.3 is 20.1 Å². The van der Waals surface area contributed by atoms with E-state index in [2.05, 4.69) is 10.6 Å². The van der Waals surface area contributed by atoms with Gasteiger partial charge in [0.15, 0.2) is 0 Å². The summed E-state index contributed by atoms with van der Waals surface area (Å²) < 4.78 is 10.3. The zero-order chi connectivity index (χ0) is 25.8. The normalized spacial score (nSPS) is 12.2. The number of nitrogens with one attached hydrogen (secondary N) is 2. The molecular weight excluding hydrogens is 456 g/mol. The van der Waals surface area contributed by atoms with Crippen molar-refractivity contribution in [2.24, 2.45) is 0 Å². The monoisotopic (exact) mass is 488 g/mol. The highest BCUT2D eigenvalue weighted by atomic mass is 16.5. The van der Waals surface area contributed by atoms with Crippen molar-refractivity contribution in [3.8, 4) is 5.75 Å². The van der Waals surface area contributed by atoms with Gasteiger partial charge in [0.05, 0.1) is 20.1 Å². The Morgan fingerprint density at radius 3 is 2.00 bits per heavy atom. The van der Waals surface area contributed by atoms with Crippen LogP contribution >= 0.6 is 0 Å². The lowest BCUT2D eigenvalue weighted by atomic mass is 10.0. The van der Waals surface area contributed by atoms with E-state index in [-0.39, 0.29) is 18.2 Å². The molecule has 3 aromatic rings. The van der Waals surface area contributed by atoms with E-state index in [4.69, 9.17) is 9.47 Å². The molecule has 0 saturated heterocycles. The van der Waals surface area contributed by atoms with E-state index in [0.717, 1.165) is 16.9 Å². The van der Waals surface area contributed by atoms with E-state index in [0.29, 0.717) is 25.0 Å². The maximum Gasteiger partial charge on any atom is 0.307 e. The molecule has 2 amide bonds. The highest BCUT2D eigenvalue weighted by Gasteiger charge is 2.26. The van der Waals surface area contributed by atoms with Crippen molar-refractivity contribution in [1.29, 1.82) is 0 Å². The first kappa shape index (κ1) is 26.5. The van der Waals surface area contributed by atoms with Crippen LogP contribution in [0.25, 0.3) is 0 Å². The van der Waals surface area contributed by atoms with Crippen molar-refractivity contribution in [3.05, 3.63) is 102 Å². The molecule has 0 saturated carbocycles. The summed E-state index contributed by atoms with van der Waals surface area (Å²) in [6, 6.07) is 24.4. The molecule has 0 aliphatic rings. The van der Waals surface area contributed by atoms with E-state index in [1.807, 2.05) is 67.6 Å². The minimum absolute atomic E-state index is 0.000139. The molecule has 0 bridgehead atoms. The number of methoxy groups -OCH3 is 1. The Morgan fingerprint density at radius 2 is 1.39 bits per heavy atom. The summed E-state index contributed by atoms with van der Waals surface area (Å²) >= 11 is 0. The topological polar surface area (TPSA) is 93.7 Å². The average molecular weight is 489 g/mol. The lowest BCUT2D eigenvalue weighted by Crippen LogP contribution is -2.51. The van der Waals surface area contributed by atoms with E-state index in [9.17, 15) is 14.4 Å². The van der Waals surface area contributed by atoms with Gasteiger partial charge in [-0.05, 0) is 48.7 Å². The Morgan fingerprint density at radius 1 is 0.778 bits per heavy atom. The molecule has 0 aliphatic heterocycles. The van der Waals surface area contributed by atoms with Crippen molar-refractivity contribution in [1.82, 2.24) is 10.6 Å². The van der Waals surface area contributed by atoms with Gasteiger partial charge in [0.2, 0.25) is 5.91 Å². The van der Waals surface area contributed by atoms with Gasteiger partial charge in [-0.3, -0.25) is 14.4 Å². The fourth-order valence-corrected chi connectivity index (χ4v) is 3.82. The fraction of sp³-hybridized carbons (Fsp3) is 0.276. The van der Waals surface area contributed by atoms with Crippen LogP contribution in [0.2, 0.25) is 0 Å². The number of hydrogen-bond acceptors (Lipinski definition) is 5. The van der Waals surface area contributed by atoms with Crippen LogP contribution in [0, 0.1) is 0 Å². The average Bonchev–Trinajstić information content (AvgIpc) is 2.90.